The summed E-state index contributed by atoms with van der Waals surface area (Å²) in [5.74, 6) is 0. The summed E-state index contributed by atoms with van der Waals surface area (Å²) >= 11 is 0. The summed E-state index contributed by atoms with van der Waals surface area (Å²) in [4.78, 5) is 4.10. The van der Waals surface area contributed by atoms with Crippen molar-refractivity contribution in [1.82, 2.24) is 4.98 Å². The van der Waals surface area contributed by atoms with Crippen molar-refractivity contribution in [2.24, 2.45) is 5.41 Å². The number of ether oxygens (including phenoxy) is 1. The molecule has 3 heteroatoms. The van der Waals surface area contributed by atoms with Gasteiger partial charge < -0.3 is 10.1 Å². The Bertz CT molecular complexity index is 376. The smallest absolute Gasteiger partial charge is 0.0661 e. The number of hydrogen-bond donors (Lipinski definition) is 1. The average Bonchev–Trinajstić information content (AvgIpc) is 2.26. The molecule has 0 aliphatic heterocycles. The van der Waals surface area contributed by atoms with Crippen LogP contribution in [0.2, 0.25) is 0 Å². The SMILES string of the molecule is COC1CC(Nc2ccncc2C)C1(C)C. The third-order valence-corrected chi connectivity index (χ3v) is 3.81. The fourth-order valence-corrected chi connectivity index (χ4v) is 2.35. The number of hydrogen-bond acceptors (Lipinski definition) is 3. The van der Waals surface area contributed by atoms with Gasteiger partial charge in [0.25, 0.3) is 0 Å². The highest BCUT2D eigenvalue weighted by atomic mass is 16.5. The van der Waals surface area contributed by atoms with E-state index >= 15 is 0 Å². The number of methoxy groups -OCH3 is 1. The van der Waals surface area contributed by atoms with E-state index in [1.54, 1.807) is 7.11 Å². The van der Waals surface area contributed by atoms with Crippen molar-refractivity contribution in [2.45, 2.75) is 39.3 Å². The van der Waals surface area contributed by atoms with Crippen LogP contribution in [-0.2, 0) is 4.74 Å². The fourth-order valence-electron chi connectivity index (χ4n) is 2.35. The zero-order valence-corrected chi connectivity index (χ0v) is 10.4. The Kier molecular flexibility index (Phi) is 2.89. The number of rotatable bonds is 3. The first-order valence-electron chi connectivity index (χ1n) is 5.75. The van der Waals surface area contributed by atoms with Crippen molar-refractivity contribution in [3.8, 4) is 0 Å². The molecule has 2 atom stereocenters. The first-order chi connectivity index (χ1) is 7.55. The summed E-state index contributed by atoms with van der Waals surface area (Å²) in [7, 11) is 1.79. The Morgan fingerprint density at radius 3 is 2.81 bits per heavy atom. The summed E-state index contributed by atoms with van der Waals surface area (Å²) in [5, 5.41) is 3.58. The van der Waals surface area contributed by atoms with E-state index < -0.39 is 0 Å². The van der Waals surface area contributed by atoms with Gasteiger partial charge >= 0.3 is 0 Å². The normalized spacial score (nSPS) is 27.2. The van der Waals surface area contributed by atoms with Crippen LogP contribution in [-0.4, -0.2) is 24.2 Å². The third kappa shape index (κ3) is 1.80. The van der Waals surface area contributed by atoms with Gasteiger partial charge in [0.2, 0.25) is 0 Å². The molecule has 1 heterocycles. The molecule has 0 saturated heterocycles. The minimum atomic E-state index is 0.199. The lowest BCUT2D eigenvalue weighted by Crippen LogP contribution is -2.57. The number of nitrogens with zero attached hydrogens (tertiary/aromatic N) is 1. The zero-order valence-electron chi connectivity index (χ0n) is 10.4. The van der Waals surface area contributed by atoms with Crippen LogP contribution in [0.1, 0.15) is 25.8 Å². The van der Waals surface area contributed by atoms with E-state index in [1.807, 2.05) is 18.5 Å². The molecule has 0 aromatic carbocycles. The highest BCUT2D eigenvalue weighted by molar-refractivity contribution is 5.50. The van der Waals surface area contributed by atoms with Crippen LogP contribution in [0.25, 0.3) is 0 Å². The van der Waals surface area contributed by atoms with Crippen LogP contribution in [0.4, 0.5) is 5.69 Å². The summed E-state index contributed by atoms with van der Waals surface area (Å²) in [6.07, 6.45) is 5.16. The predicted octanol–water partition coefficient (Wildman–Crippen LogP) is 2.62. The fraction of sp³-hybridized carbons (Fsp3) is 0.615. The third-order valence-electron chi connectivity index (χ3n) is 3.81. The maximum absolute atomic E-state index is 5.45. The van der Waals surface area contributed by atoms with E-state index in [1.165, 1.54) is 11.3 Å². The van der Waals surface area contributed by atoms with E-state index in [4.69, 9.17) is 4.74 Å². The number of nitrogens with one attached hydrogen (secondary N) is 1. The van der Waals surface area contributed by atoms with E-state index in [0.29, 0.717) is 12.1 Å². The monoisotopic (exact) mass is 220 g/mol. The Hall–Kier alpha value is -1.09. The van der Waals surface area contributed by atoms with Gasteiger partial charge in [0, 0.05) is 36.6 Å². The van der Waals surface area contributed by atoms with Crippen LogP contribution >= 0.6 is 0 Å². The van der Waals surface area contributed by atoms with Crippen LogP contribution < -0.4 is 5.32 Å². The van der Waals surface area contributed by atoms with E-state index in [0.717, 1.165) is 6.42 Å². The molecule has 0 radical (unpaired) electrons. The molecule has 3 nitrogen and oxygen atoms in total. The Labute approximate surface area is 97.2 Å². The van der Waals surface area contributed by atoms with Crippen molar-refractivity contribution in [1.29, 1.82) is 0 Å². The first-order valence-corrected chi connectivity index (χ1v) is 5.75. The van der Waals surface area contributed by atoms with Gasteiger partial charge in [-0.05, 0) is 25.0 Å². The first kappa shape index (κ1) is 11.4. The lowest BCUT2D eigenvalue weighted by molar-refractivity contribution is -0.0794. The molecule has 1 aliphatic carbocycles. The number of aryl methyl sites for hydroxylation is 1. The molecule has 1 N–H and O–H groups in total. The van der Waals surface area contributed by atoms with Gasteiger partial charge in [-0.2, -0.15) is 0 Å². The molecule has 1 fully saturated rings. The quantitative estimate of drug-likeness (QED) is 0.850. The molecule has 0 amide bonds. The van der Waals surface area contributed by atoms with Crippen LogP contribution in [0.5, 0.6) is 0 Å². The summed E-state index contributed by atoms with van der Waals surface area (Å²) in [6, 6.07) is 2.52. The topological polar surface area (TPSA) is 34.1 Å². The minimum absolute atomic E-state index is 0.199. The minimum Gasteiger partial charge on any atom is -0.381 e. The molecule has 1 saturated carbocycles. The van der Waals surface area contributed by atoms with Crippen molar-refractivity contribution in [3.05, 3.63) is 24.0 Å². The molecule has 1 aromatic heterocycles. The molecule has 2 rings (SSSR count). The molecule has 0 bridgehead atoms. The van der Waals surface area contributed by atoms with Crippen molar-refractivity contribution in [2.75, 3.05) is 12.4 Å². The standard InChI is InChI=1S/C13H20N2O/c1-9-8-14-6-5-10(9)15-11-7-12(16-4)13(11,2)3/h5-6,8,11-12H,7H2,1-4H3,(H,14,15). The van der Waals surface area contributed by atoms with Crippen LogP contribution in [0.15, 0.2) is 18.5 Å². The van der Waals surface area contributed by atoms with Gasteiger partial charge in [0.15, 0.2) is 0 Å². The van der Waals surface area contributed by atoms with Crippen molar-refractivity contribution >= 4 is 5.69 Å². The second-order valence-electron chi connectivity index (χ2n) is 5.17. The lowest BCUT2D eigenvalue weighted by Gasteiger charge is -2.51. The van der Waals surface area contributed by atoms with Crippen LogP contribution in [0.3, 0.4) is 0 Å². The van der Waals surface area contributed by atoms with E-state index in [9.17, 15) is 0 Å². The highest BCUT2D eigenvalue weighted by Crippen LogP contribution is 2.44. The lowest BCUT2D eigenvalue weighted by atomic mass is 9.64. The number of pyridine rings is 1. The van der Waals surface area contributed by atoms with Gasteiger partial charge in [-0.1, -0.05) is 13.8 Å². The number of anilines is 1. The molecule has 1 aromatic rings. The maximum Gasteiger partial charge on any atom is 0.0661 e. The molecular formula is C13H20N2O. The van der Waals surface area contributed by atoms with Crippen molar-refractivity contribution in [3.63, 3.8) is 0 Å². The Morgan fingerprint density at radius 1 is 1.50 bits per heavy atom. The van der Waals surface area contributed by atoms with Gasteiger partial charge in [-0.3, -0.25) is 4.98 Å². The predicted molar refractivity (Wildman–Crippen MR) is 65.6 cm³/mol. The summed E-state index contributed by atoms with van der Waals surface area (Å²) < 4.78 is 5.45. The summed E-state index contributed by atoms with van der Waals surface area (Å²) in [5.41, 5.74) is 2.58. The van der Waals surface area contributed by atoms with E-state index in [-0.39, 0.29) is 5.41 Å². The molecule has 1 aliphatic rings. The average molecular weight is 220 g/mol. The molecule has 88 valence electrons. The van der Waals surface area contributed by atoms with Gasteiger partial charge in [-0.25, -0.2) is 0 Å². The van der Waals surface area contributed by atoms with Crippen molar-refractivity contribution < 1.29 is 4.74 Å². The van der Waals surface area contributed by atoms with Gasteiger partial charge in [0.05, 0.1) is 6.10 Å². The van der Waals surface area contributed by atoms with Gasteiger partial charge in [0.1, 0.15) is 0 Å². The van der Waals surface area contributed by atoms with E-state index in [2.05, 4.69) is 31.1 Å². The van der Waals surface area contributed by atoms with Crippen LogP contribution in [0, 0.1) is 12.3 Å². The Morgan fingerprint density at radius 2 is 2.25 bits per heavy atom. The largest absolute Gasteiger partial charge is 0.381 e. The summed E-state index contributed by atoms with van der Waals surface area (Å²) in [6.45, 7) is 6.58. The molecule has 16 heavy (non-hydrogen) atoms. The number of aromatic nitrogens is 1. The highest BCUT2D eigenvalue weighted by Gasteiger charge is 2.48. The second-order valence-corrected chi connectivity index (χ2v) is 5.17. The molecule has 2 unspecified atom stereocenters. The zero-order chi connectivity index (χ0) is 11.8. The molecule has 0 spiro atoms. The van der Waals surface area contributed by atoms with Gasteiger partial charge in [-0.15, -0.1) is 0 Å². The second kappa shape index (κ2) is 4.06. The molecular weight excluding hydrogens is 200 g/mol. The maximum atomic E-state index is 5.45. The Balaban J connectivity index is 2.05.